The minimum atomic E-state index is -5.25. The molecular formula is C6H6N2O8Se. The van der Waals surface area contributed by atoms with Gasteiger partial charge in [-0.1, -0.05) is 0 Å². The quantitative estimate of drug-likeness (QED) is 0.430. The molecule has 1 aromatic carbocycles. The molecule has 1 rings (SSSR count). The Kier molecular flexibility index (Phi) is 5.28. The molecule has 0 amide bonds. The Labute approximate surface area is 95.7 Å². The molecule has 0 aliphatic carbocycles. The summed E-state index contributed by atoms with van der Waals surface area (Å²) in [6.07, 6.45) is 0. The van der Waals surface area contributed by atoms with Crippen LogP contribution in [0.1, 0.15) is 0 Å². The first kappa shape index (κ1) is 15.1. The van der Waals surface area contributed by atoms with E-state index in [1.54, 1.807) is 0 Å². The van der Waals surface area contributed by atoms with Crippen molar-refractivity contribution in [1.29, 1.82) is 0 Å². The fourth-order valence-electron chi connectivity index (χ4n) is 0.720. The Morgan fingerprint density at radius 3 is 1.53 bits per heavy atom. The summed E-state index contributed by atoms with van der Waals surface area (Å²) < 4.78 is 31.9. The summed E-state index contributed by atoms with van der Waals surface area (Å²) in [5, 5.41) is 20.3. The zero-order valence-corrected chi connectivity index (χ0v) is 9.67. The van der Waals surface area contributed by atoms with E-state index >= 15 is 0 Å². The molecule has 0 saturated heterocycles. The first-order chi connectivity index (χ1) is 7.61. The molecular weight excluding hydrogens is 307 g/mol. The van der Waals surface area contributed by atoms with E-state index in [1.165, 1.54) is 18.2 Å². The second-order valence-corrected chi connectivity index (χ2v) is 4.36. The van der Waals surface area contributed by atoms with Gasteiger partial charge in [-0.2, -0.15) is 0 Å². The molecule has 0 aliphatic heterocycles. The number of rotatable bonds is 2. The van der Waals surface area contributed by atoms with E-state index in [1.807, 2.05) is 0 Å². The van der Waals surface area contributed by atoms with Crippen LogP contribution in [0.15, 0.2) is 24.3 Å². The van der Waals surface area contributed by atoms with E-state index in [9.17, 15) is 20.2 Å². The van der Waals surface area contributed by atoms with E-state index in [0.717, 1.165) is 6.07 Å². The predicted octanol–water partition coefficient (Wildman–Crippen LogP) is -0.229. The van der Waals surface area contributed by atoms with E-state index < -0.39 is 23.2 Å². The molecule has 0 saturated carbocycles. The van der Waals surface area contributed by atoms with Gasteiger partial charge >= 0.3 is 29.4 Å². The van der Waals surface area contributed by atoms with Gasteiger partial charge < -0.3 is 0 Å². The predicted molar refractivity (Wildman–Crippen MR) is 51.3 cm³/mol. The molecule has 1 aromatic rings. The van der Waals surface area contributed by atoms with E-state index in [-0.39, 0.29) is 11.4 Å². The van der Waals surface area contributed by atoms with Gasteiger partial charge in [-0.05, 0) is 6.07 Å². The van der Waals surface area contributed by atoms with Crippen LogP contribution in [0, 0.1) is 20.2 Å². The van der Waals surface area contributed by atoms with Crippen LogP contribution in [0.2, 0.25) is 0 Å². The van der Waals surface area contributed by atoms with Gasteiger partial charge in [0, 0.05) is 12.1 Å². The summed E-state index contributed by atoms with van der Waals surface area (Å²) in [4.78, 5) is 19.0. The average Bonchev–Trinajstić information content (AvgIpc) is 2.15. The van der Waals surface area contributed by atoms with Crippen molar-refractivity contribution in [1.82, 2.24) is 0 Å². The molecule has 0 radical (unpaired) electrons. The normalized spacial score (nSPS) is 10.0. The molecule has 0 aromatic heterocycles. The van der Waals surface area contributed by atoms with Gasteiger partial charge in [-0.15, -0.1) is 0 Å². The van der Waals surface area contributed by atoms with E-state index in [2.05, 4.69) is 0 Å². The third-order valence-corrected chi connectivity index (χ3v) is 1.25. The number of hydrogen-bond donors (Lipinski definition) is 2. The molecule has 10 nitrogen and oxygen atoms in total. The van der Waals surface area contributed by atoms with Crippen LogP contribution in [-0.2, 0) is 7.67 Å². The molecule has 2 N–H and O–H groups in total. The summed E-state index contributed by atoms with van der Waals surface area (Å²) in [5.41, 5.74) is -0.548. The third-order valence-electron chi connectivity index (χ3n) is 1.25. The van der Waals surface area contributed by atoms with Gasteiger partial charge in [0.2, 0.25) is 0 Å². The second-order valence-electron chi connectivity index (χ2n) is 2.48. The number of nitro groups is 2. The zero-order chi connectivity index (χ0) is 13.6. The van der Waals surface area contributed by atoms with Crippen LogP contribution in [0.3, 0.4) is 0 Å². The van der Waals surface area contributed by atoms with Crippen molar-refractivity contribution in [3.05, 3.63) is 44.5 Å². The van der Waals surface area contributed by atoms with Gasteiger partial charge in [-0.3, -0.25) is 20.2 Å². The SMILES string of the molecule is O=[N+]([O-])c1cccc([N+](=O)[O-])c1.O=[Se](=O)(O)O. The van der Waals surface area contributed by atoms with E-state index in [4.69, 9.17) is 16.0 Å². The Morgan fingerprint density at radius 2 is 1.29 bits per heavy atom. The van der Waals surface area contributed by atoms with Crippen LogP contribution in [-0.4, -0.2) is 31.6 Å². The fraction of sp³-hybridized carbons (Fsp3) is 0. The summed E-state index contributed by atoms with van der Waals surface area (Å²) in [5.74, 6) is 0. The fourth-order valence-corrected chi connectivity index (χ4v) is 0.720. The first-order valence-corrected chi connectivity index (χ1v) is 6.63. The van der Waals surface area contributed by atoms with Crippen molar-refractivity contribution < 1.29 is 25.9 Å². The zero-order valence-electron chi connectivity index (χ0n) is 7.96. The monoisotopic (exact) mass is 314 g/mol. The van der Waals surface area contributed by atoms with Crippen molar-refractivity contribution in [2.75, 3.05) is 0 Å². The van der Waals surface area contributed by atoms with Gasteiger partial charge in [0.1, 0.15) is 0 Å². The summed E-state index contributed by atoms with van der Waals surface area (Å²) in [6.45, 7) is 0. The molecule has 11 heteroatoms. The van der Waals surface area contributed by atoms with Crippen molar-refractivity contribution in [2.45, 2.75) is 0 Å². The molecule has 0 aliphatic rings. The second kappa shape index (κ2) is 5.96. The van der Waals surface area contributed by atoms with Crippen molar-refractivity contribution in [3.63, 3.8) is 0 Å². The molecule has 0 heterocycles. The van der Waals surface area contributed by atoms with Crippen molar-refractivity contribution in [3.8, 4) is 0 Å². The summed E-state index contributed by atoms with van der Waals surface area (Å²) in [6, 6.07) is 4.59. The van der Waals surface area contributed by atoms with Crippen LogP contribution in [0.4, 0.5) is 11.4 Å². The van der Waals surface area contributed by atoms with Crippen LogP contribution >= 0.6 is 0 Å². The Bertz CT molecular complexity index is 487. The topological polar surface area (TPSA) is 161 Å². The standard InChI is InChI=1S/C6H4N2O4.H2O4Se/c9-7(10)5-2-1-3-6(4-5)8(11)12;1-5(2,3)4/h1-4H;(H2,1,2,3,4). The Hall–Kier alpha value is -1.94. The van der Waals surface area contributed by atoms with Gasteiger partial charge in [0.15, 0.2) is 0 Å². The number of nitro benzene ring substituents is 2. The molecule has 0 fully saturated rings. The van der Waals surface area contributed by atoms with Gasteiger partial charge in [0.05, 0.1) is 15.9 Å². The van der Waals surface area contributed by atoms with Gasteiger partial charge in [-0.25, -0.2) is 0 Å². The van der Waals surface area contributed by atoms with E-state index in [0.29, 0.717) is 0 Å². The molecule has 17 heavy (non-hydrogen) atoms. The molecule has 0 spiro atoms. The van der Waals surface area contributed by atoms with Crippen molar-refractivity contribution >= 4 is 24.7 Å². The summed E-state index contributed by atoms with van der Waals surface area (Å²) in [7, 11) is 0. The molecule has 94 valence electrons. The van der Waals surface area contributed by atoms with Gasteiger partial charge in [0.25, 0.3) is 11.4 Å². The molecule has 0 atom stereocenters. The summed E-state index contributed by atoms with van der Waals surface area (Å²) >= 11 is -5.25. The maximum atomic E-state index is 10.2. The number of non-ortho nitro benzene ring substituents is 2. The number of benzene rings is 1. The van der Waals surface area contributed by atoms with Crippen molar-refractivity contribution in [2.24, 2.45) is 0 Å². The minimum absolute atomic E-state index is 0.274. The van der Waals surface area contributed by atoms with Crippen LogP contribution < -0.4 is 0 Å². The maximum absolute atomic E-state index is 10.2. The van der Waals surface area contributed by atoms with Crippen LogP contribution in [0.25, 0.3) is 0 Å². The third kappa shape index (κ3) is 7.93. The molecule has 0 bridgehead atoms. The first-order valence-electron chi connectivity index (χ1n) is 3.70. The van der Waals surface area contributed by atoms with Crippen LogP contribution in [0.5, 0.6) is 0 Å². The average molecular weight is 313 g/mol. The Balaban J connectivity index is 0.000000437. The Morgan fingerprint density at radius 1 is 1.00 bits per heavy atom. The number of hydrogen-bond acceptors (Lipinski definition) is 6. The number of nitrogens with zero attached hydrogens (tertiary/aromatic N) is 2. The molecule has 0 unspecified atom stereocenters.